The molecule has 0 bridgehead atoms. The van der Waals surface area contributed by atoms with E-state index in [0.29, 0.717) is 12.1 Å². The average Bonchev–Trinajstić information content (AvgIpc) is 2.44. The maximum atomic E-state index is 11.2. The summed E-state index contributed by atoms with van der Waals surface area (Å²) in [5.74, 6) is -0.385. The van der Waals surface area contributed by atoms with Gasteiger partial charge >= 0.3 is 5.97 Å². The molecule has 0 saturated carbocycles. The molecular weight excluding hydrogens is 286 g/mol. The van der Waals surface area contributed by atoms with Crippen molar-refractivity contribution in [3.63, 3.8) is 0 Å². The van der Waals surface area contributed by atoms with Gasteiger partial charge in [-0.1, -0.05) is 70.3 Å². The molecule has 4 heteroatoms. The van der Waals surface area contributed by atoms with Gasteiger partial charge in [-0.2, -0.15) is 5.48 Å². The third-order valence-corrected chi connectivity index (χ3v) is 2.50. The summed E-state index contributed by atoms with van der Waals surface area (Å²) in [5, 5.41) is 0. The minimum absolute atomic E-state index is 0. The molecule has 1 rings (SSSR count). The van der Waals surface area contributed by atoms with E-state index >= 15 is 0 Å². The molecule has 118 valence electrons. The predicted molar refractivity (Wildman–Crippen MR) is 92.1 cm³/mol. The fourth-order valence-corrected chi connectivity index (χ4v) is 1.09. The Bertz CT molecular complexity index is 436. The molecule has 0 unspecified atom stereocenters. The third-order valence-electron chi connectivity index (χ3n) is 2.50. The summed E-state index contributed by atoms with van der Waals surface area (Å²) in [4.78, 5) is 15.9. The zero-order valence-electron chi connectivity index (χ0n) is 13.3. The van der Waals surface area contributed by atoms with Gasteiger partial charge in [-0.05, 0) is 17.9 Å². The highest BCUT2D eigenvalue weighted by molar-refractivity contribution is 5.88. The third kappa shape index (κ3) is 9.88. The van der Waals surface area contributed by atoms with E-state index in [1.807, 2.05) is 64.1 Å². The molecule has 0 aliphatic carbocycles. The summed E-state index contributed by atoms with van der Waals surface area (Å²) in [6.45, 7) is 15.5. The van der Waals surface area contributed by atoms with Crippen LogP contribution in [0, 0.1) is 5.41 Å². The Balaban J connectivity index is 0. The van der Waals surface area contributed by atoms with Crippen LogP contribution >= 0.6 is 12.4 Å². The van der Waals surface area contributed by atoms with Crippen molar-refractivity contribution in [3.8, 4) is 0 Å². The van der Waals surface area contributed by atoms with E-state index in [2.05, 4.69) is 18.6 Å². The molecule has 3 nitrogen and oxygen atoms in total. The van der Waals surface area contributed by atoms with Crippen molar-refractivity contribution in [3.05, 3.63) is 54.6 Å². The summed E-state index contributed by atoms with van der Waals surface area (Å²) in [6.07, 6.45) is 1.83. The second-order valence-electron chi connectivity index (χ2n) is 5.23. The Labute approximate surface area is 134 Å². The minimum Gasteiger partial charge on any atom is -0.367 e. The first kappa shape index (κ1) is 21.7. The van der Waals surface area contributed by atoms with Crippen LogP contribution in [-0.4, -0.2) is 12.5 Å². The highest BCUT2D eigenvalue weighted by Gasteiger charge is 2.22. The molecule has 0 aliphatic heterocycles. The predicted octanol–water partition coefficient (Wildman–Crippen LogP) is 4.41. The van der Waals surface area contributed by atoms with Gasteiger partial charge in [0.15, 0.2) is 0 Å². The molecule has 0 saturated heterocycles. The van der Waals surface area contributed by atoms with Gasteiger partial charge in [-0.15, -0.1) is 12.4 Å². The van der Waals surface area contributed by atoms with Gasteiger partial charge in [-0.3, -0.25) is 0 Å². The Morgan fingerprint density at radius 1 is 1.29 bits per heavy atom. The topological polar surface area (TPSA) is 38.3 Å². The minimum atomic E-state index is -0.385. The summed E-state index contributed by atoms with van der Waals surface area (Å²) in [6, 6.07) is 10.0. The summed E-state index contributed by atoms with van der Waals surface area (Å²) in [5.41, 5.74) is 3.91. The van der Waals surface area contributed by atoms with Gasteiger partial charge in [0, 0.05) is 12.1 Å². The first-order valence-electron chi connectivity index (χ1n) is 6.63. The van der Waals surface area contributed by atoms with Gasteiger partial charge in [-0.25, -0.2) is 4.79 Å². The molecule has 0 aliphatic rings. The fraction of sp³-hybridized carbons (Fsp3) is 0.353. The summed E-state index contributed by atoms with van der Waals surface area (Å²) >= 11 is 0. The number of hydrogen-bond donors (Lipinski definition) is 1. The van der Waals surface area contributed by atoms with Crippen molar-refractivity contribution in [2.24, 2.45) is 5.41 Å². The Kier molecular flexibility index (Phi) is 11.5. The highest BCUT2D eigenvalue weighted by atomic mass is 35.5. The highest BCUT2D eigenvalue weighted by Crippen LogP contribution is 2.23. The molecule has 21 heavy (non-hydrogen) atoms. The summed E-state index contributed by atoms with van der Waals surface area (Å²) < 4.78 is 0. The molecule has 0 spiro atoms. The van der Waals surface area contributed by atoms with E-state index in [9.17, 15) is 4.79 Å². The smallest absolute Gasteiger partial charge is 0.352 e. The molecule has 1 N–H and O–H groups in total. The van der Waals surface area contributed by atoms with Crippen molar-refractivity contribution < 1.29 is 9.63 Å². The summed E-state index contributed by atoms with van der Waals surface area (Å²) in [7, 11) is 0. The number of nitrogens with one attached hydrogen (secondary N) is 1. The van der Waals surface area contributed by atoms with Crippen LogP contribution in [0.5, 0.6) is 0 Å². The normalized spacial score (nSPS) is 9.52. The number of carbonyl (C=O) groups is 1. The van der Waals surface area contributed by atoms with Crippen LogP contribution < -0.4 is 5.48 Å². The first-order valence-corrected chi connectivity index (χ1v) is 6.63. The van der Waals surface area contributed by atoms with Crippen molar-refractivity contribution in [2.75, 3.05) is 6.54 Å². The molecule has 1 aromatic rings. The van der Waals surface area contributed by atoms with Crippen molar-refractivity contribution in [1.82, 2.24) is 5.48 Å². The van der Waals surface area contributed by atoms with E-state index in [4.69, 9.17) is 4.84 Å². The molecule has 0 fully saturated rings. The van der Waals surface area contributed by atoms with Crippen LogP contribution in [0.4, 0.5) is 0 Å². The Morgan fingerprint density at radius 3 is 2.14 bits per heavy atom. The second kappa shape index (κ2) is 11.1. The lowest BCUT2D eigenvalue weighted by atomic mass is 9.88. The standard InChI is InChI=1S/C9H17NO2.C8H8.ClH/c1-6-10-12-8(11)7(2)9(3,4)5;1-2-8-6-4-3-5-7-8;/h10H,2,6H2,1,3-5H3;2-7H,1H2;1H. The SMILES string of the molecule is C=C(C(=O)ONCC)C(C)(C)C.C=Cc1ccccc1.Cl. The number of carbonyl (C=O) groups excluding carboxylic acids is 1. The average molecular weight is 312 g/mol. The van der Waals surface area contributed by atoms with Gasteiger partial charge in [0.1, 0.15) is 0 Å². The second-order valence-corrected chi connectivity index (χ2v) is 5.23. The Morgan fingerprint density at radius 2 is 1.81 bits per heavy atom. The van der Waals surface area contributed by atoms with Crippen molar-refractivity contribution in [1.29, 1.82) is 0 Å². The van der Waals surface area contributed by atoms with E-state index in [1.165, 1.54) is 5.56 Å². The van der Waals surface area contributed by atoms with Crippen molar-refractivity contribution >= 4 is 24.5 Å². The van der Waals surface area contributed by atoms with Crippen LogP contribution in [0.2, 0.25) is 0 Å². The maximum absolute atomic E-state index is 11.2. The van der Waals surface area contributed by atoms with Crippen LogP contribution in [0.3, 0.4) is 0 Å². The lowest BCUT2D eigenvalue weighted by Gasteiger charge is -2.19. The van der Waals surface area contributed by atoms with Gasteiger partial charge in [0.25, 0.3) is 0 Å². The molecule has 1 aromatic carbocycles. The van der Waals surface area contributed by atoms with Gasteiger partial charge < -0.3 is 4.84 Å². The van der Waals surface area contributed by atoms with Crippen molar-refractivity contribution in [2.45, 2.75) is 27.7 Å². The van der Waals surface area contributed by atoms with Crippen LogP contribution in [0.15, 0.2) is 49.1 Å². The first-order chi connectivity index (χ1) is 9.32. The zero-order chi connectivity index (χ0) is 15.6. The molecule has 0 heterocycles. The maximum Gasteiger partial charge on any atom is 0.352 e. The number of hydrogen-bond acceptors (Lipinski definition) is 3. The quantitative estimate of drug-likeness (QED) is 0.661. The van der Waals surface area contributed by atoms with Crippen LogP contribution in [0.25, 0.3) is 6.08 Å². The fourth-order valence-electron chi connectivity index (χ4n) is 1.09. The lowest BCUT2D eigenvalue weighted by Crippen LogP contribution is -2.25. The molecular formula is C17H26ClNO2. The lowest BCUT2D eigenvalue weighted by molar-refractivity contribution is -0.147. The molecule has 0 aromatic heterocycles. The molecule has 0 amide bonds. The van der Waals surface area contributed by atoms with E-state index < -0.39 is 0 Å². The number of hydroxylamine groups is 1. The van der Waals surface area contributed by atoms with Crippen LogP contribution in [0.1, 0.15) is 33.3 Å². The van der Waals surface area contributed by atoms with Crippen LogP contribution in [-0.2, 0) is 9.63 Å². The Hall–Kier alpha value is -1.58. The van der Waals surface area contributed by atoms with Gasteiger partial charge in [0.2, 0.25) is 0 Å². The molecule has 0 atom stereocenters. The van der Waals surface area contributed by atoms with E-state index in [0.717, 1.165) is 0 Å². The molecule has 0 radical (unpaired) electrons. The monoisotopic (exact) mass is 311 g/mol. The number of halogens is 1. The number of rotatable bonds is 4. The largest absolute Gasteiger partial charge is 0.367 e. The van der Waals surface area contributed by atoms with E-state index in [1.54, 1.807) is 0 Å². The zero-order valence-corrected chi connectivity index (χ0v) is 14.1. The van der Waals surface area contributed by atoms with Gasteiger partial charge in [0.05, 0.1) is 0 Å². The number of benzene rings is 1. The van der Waals surface area contributed by atoms with E-state index in [-0.39, 0.29) is 23.8 Å².